The first-order valence-electron chi connectivity index (χ1n) is 3.88. The van der Waals surface area contributed by atoms with Crippen molar-refractivity contribution in [1.29, 1.82) is 0 Å². The zero-order valence-electron chi connectivity index (χ0n) is 8.01. The molecule has 0 aromatic heterocycles. The van der Waals surface area contributed by atoms with Gasteiger partial charge in [-0.05, 0) is 12.1 Å². The van der Waals surface area contributed by atoms with Crippen LogP contribution in [0.3, 0.4) is 0 Å². The van der Waals surface area contributed by atoms with Crippen molar-refractivity contribution in [1.82, 2.24) is 0 Å². The average Bonchev–Trinajstić information content (AvgIpc) is 2.20. The molecular weight excluding hydrogens is 215 g/mol. The molecule has 0 atom stereocenters. The van der Waals surface area contributed by atoms with Gasteiger partial charge < -0.3 is 14.0 Å². The molecule has 0 spiro atoms. The van der Waals surface area contributed by atoms with E-state index in [1.54, 1.807) is 12.1 Å². The molecule has 0 amide bonds. The summed E-state index contributed by atoms with van der Waals surface area (Å²) in [5.41, 5.74) is -0.0160. The molecule has 0 bridgehead atoms. The quantitative estimate of drug-likeness (QED) is 0.431. The van der Waals surface area contributed by atoms with E-state index in [4.69, 9.17) is 9.26 Å². The van der Waals surface area contributed by atoms with Gasteiger partial charge in [-0.25, -0.2) is 4.79 Å². The highest BCUT2D eigenvalue weighted by molar-refractivity contribution is 5.95. The highest BCUT2D eigenvalue weighted by atomic mass is 27.1. The summed E-state index contributed by atoms with van der Waals surface area (Å²) >= 11 is 1.42. The smallest absolute Gasteiger partial charge is 0.363 e. The molecule has 1 aromatic rings. The molecule has 2 radical (unpaired) electrons. The molecule has 5 nitrogen and oxygen atoms in total. The minimum Gasteiger partial charge on any atom is -0.529 e. The van der Waals surface area contributed by atoms with Crippen LogP contribution < -0.4 is 4.74 Å². The van der Waals surface area contributed by atoms with Gasteiger partial charge in [0.1, 0.15) is 11.3 Å². The fourth-order valence-corrected chi connectivity index (χ4v) is 0.887. The first kappa shape index (κ1) is 13.7. The largest absolute Gasteiger partial charge is 0.529 e. The number of esters is 1. The maximum Gasteiger partial charge on any atom is 0.363 e. The summed E-state index contributed by atoms with van der Waals surface area (Å²) in [6.07, 6.45) is 0. The summed E-state index contributed by atoms with van der Waals surface area (Å²) in [4.78, 5) is 21.2. The Balaban J connectivity index is 0.000000921. The molecular formula is C9H9AlO5. The van der Waals surface area contributed by atoms with Gasteiger partial charge in [-0.15, -0.1) is 0 Å². The molecule has 15 heavy (non-hydrogen) atoms. The summed E-state index contributed by atoms with van der Waals surface area (Å²) in [7, 11) is 0. The second-order valence-corrected chi connectivity index (χ2v) is 2.39. The number of aromatic carboxylic acids is 1. The summed E-state index contributed by atoms with van der Waals surface area (Å²) in [5, 5.41) is 8.69. The number of carboxylic acids is 1. The van der Waals surface area contributed by atoms with Gasteiger partial charge in [0.05, 0.1) is 0 Å². The molecule has 0 aliphatic rings. The average molecular weight is 224 g/mol. The molecule has 0 saturated heterocycles. The molecule has 0 unspecified atom stereocenters. The van der Waals surface area contributed by atoms with Crippen molar-refractivity contribution >= 4 is 28.6 Å². The lowest BCUT2D eigenvalue weighted by atomic mass is 10.2. The monoisotopic (exact) mass is 224 g/mol. The van der Waals surface area contributed by atoms with Gasteiger partial charge in [0.15, 0.2) is 0 Å². The zero-order chi connectivity index (χ0) is 11.8. The van der Waals surface area contributed by atoms with E-state index in [2.05, 4.69) is 4.74 Å². The van der Waals surface area contributed by atoms with Crippen LogP contribution in [0.5, 0.6) is 5.75 Å². The van der Waals surface area contributed by atoms with Crippen LogP contribution in [-0.4, -0.2) is 37.8 Å². The predicted molar refractivity (Wildman–Crippen MR) is 52.7 cm³/mol. The van der Waals surface area contributed by atoms with Crippen LogP contribution in [-0.2, 0) is 4.79 Å². The van der Waals surface area contributed by atoms with E-state index < -0.39 is 11.9 Å². The van der Waals surface area contributed by atoms with E-state index in [-0.39, 0.29) is 11.3 Å². The second kappa shape index (κ2) is 7.01. The number of hydrogen-bond donors (Lipinski definition) is 2. The molecule has 0 aliphatic heterocycles. The molecule has 6 heteroatoms. The fourth-order valence-electron chi connectivity index (χ4n) is 0.887. The van der Waals surface area contributed by atoms with Crippen molar-refractivity contribution in [2.45, 2.75) is 6.92 Å². The molecule has 0 fully saturated rings. The van der Waals surface area contributed by atoms with E-state index >= 15 is 0 Å². The van der Waals surface area contributed by atoms with Gasteiger partial charge in [-0.2, -0.15) is 0 Å². The van der Waals surface area contributed by atoms with E-state index in [0.29, 0.717) is 0 Å². The van der Waals surface area contributed by atoms with Gasteiger partial charge in [0.2, 0.25) is 0 Å². The Morgan fingerprint density at radius 1 is 1.27 bits per heavy atom. The summed E-state index contributed by atoms with van der Waals surface area (Å²) in [5.74, 6) is -1.58. The summed E-state index contributed by atoms with van der Waals surface area (Å²) in [6.45, 7) is 1.22. The Bertz CT molecular complexity index is 350. The molecule has 0 aliphatic carbocycles. The molecule has 0 heterocycles. The normalized spacial score (nSPS) is 8.40. The van der Waals surface area contributed by atoms with Crippen LogP contribution in [0.4, 0.5) is 0 Å². The number of ether oxygens (including phenoxy) is 1. The van der Waals surface area contributed by atoms with Crippen molar-refractivity contribution in [3.63, 3.8) is 0 Å². The van der Waals surface area contributed by atoms with Crippen LogP contribution in [0.1, 0.15) is 17.3 Å². The Hall–Kier alpha value is -1.35. The third-order valence-corrected chi connectivity index (χ3v) is 1.37. The van der Waals surface area contributed by atoms with Crippen molar-refractivity contribution in [3.05, 3.63) is 29.8 Å². The van der Waals surface area contributed by atoms with Crippen LogP contribution in [0.25, 0.3) is 0 Å². The van der Waals surface area contributed by atoms with Crippen molar-refractivity contribution in [3.8, 4) is 5.75 Å². The van der Waals surface area contributed by atoms with Crippen LogP contribution in [0, 0.1) is 0 Å². The number of rotatable bonds is 2. The van der Waals surface area contributed by atoms with Crippen LogP contribution in [0.2, 0.25) is 0 Å². The summed E-state index contributed by atoms with van der Waals surface area (Å²) in [6, 6.07) is 5.98. The first-order valence-corrected chi connectivity index (χ1v) is 4.39. The predicted octanol–water partition coefficient (Wildman–Crippen LogP) is 0.372. The van der Waals surface area contributed by atoms with E-state index in [1.807, 2.05) is 0 Å². The molecule has 78 valence electrons. The molecule has 0 saturated carbocycles. The Labute approximate surface area is 95.1 Å². The second-order valence-electron chi connectivity index (χ2n) is 2.39. The lowest BCUT2D eigenvalue weighted by Gasteiger charge is -2.03. The Morgan fingerprint density at radius 2 is 1.80 bits per heavy atom. The standard InChI is InChI=1S/C9H8O4.Al.H2O/c1-6(10)13-8-5-3-2-4-7(8)9(11)12;;/h2-5H,1H3,(H,11,12);;1H2/q;+1;/p-1. The number of hydrogen-bond acceptors (Lipinski definition) is 4. The molecule has 1 rings (SSSR count). The van der Waals surface area contributed by atoms with Gasteiger partial charge in [0, 0.05) is 6.92 Å². The minimum atomic E-state index is -1.11. The highest BCUT2D eigenvalue weighted by Gasteiger charge is 2.10. The maximum absolute atomic E-state index is 10.6. The van der Waals surface area contributed by atoms with Crippen molar-refractivity contribution < 1.29 is 23.6 Å². The van der Waals surface area contributed by atoms with Crippen molar-refractivity contribution in [2.75, 3.05) is 0 Å². The third-order valence-electron chi connectivity index (χ3n) is 1.37. The van der Waals surface area contributed by atoms with Gasteiger partial charge in [0.25, 0.3) is 0 Å². The lowest BCUT2D eigenvalue weighted by Crippen LogP contribution is -2.06. The number of benzene rings is 1. The number of para-hydroxylation sites is 1. The minimum absolute atomic E-state index is 0.0160. The number of carbonyl (C=O) groups is 2. The van der Waals surface area contributed by atoms with Crippen LogP contribution in [0.15, 0.2) is 24.3 Å². The number of carboxylic acid groups (broad SMARTS) is 1. The Kier molecular flexibility index (Phi) is 6.38. The number of carbonyl (C=O) groups excluding carboxylic acids is 1. The van der Waals surface area contributed by atoms with Gasteiger partial charge in [-0.1, -0.05) is 12.1 Å². The third kappa shape index (κ3) is 4.61. The van der Waals surface area contributed by atoms with Crippen molar-refractivity contribution in [2.24, 2.45) is 0 Å². The maximum atomic E-state index is 10.6. The van der Waals surface area contributed by atoms with E-state index in [0.717, 1.165) is 0 Å². The highest BCUT2D eigenvalue weighted by Crippen LogP contribution is 2.17. The fraction of sp³-hybridized carbons (Fsp3) is 0.111. The Morgan fingerprint density at radius 3 is 2.27 bits per heavy atom. The summed E-state index contributed by atoms with van der Waals surface area (Å²) < 4.78 is 11.6. The molecule has 2 N–H and O–H groups in total. The SMILES string of the molecule is CC(=O)Oc1ccccc1C(=O)O.[OH][Al]. The van der Waals surface area contributed by atoms with Crippen LogP contribution >= 0.6 is 0 Å². The van der Waals surface area contributed by atoms with Gasteiger partial charge in [-0.3, -0.25) is 4.79 Å². The molecule has 1 aromatic carbocycles. The zero-order valence-corrected chi connectivity index (χ0v) is 9.16. The van der Waals surface area contributed by atoms with Gasteiger partial charge >= 0.3 is 28.6 Å². The lowest BCUT2D eigenvalue weighted by molar-refractivity contribution is -0.131. The van der Waals surface area contributed by atoms with E-state index in [1.165, 1.54) is 35.7 Å². The first-order chi connectivity index (χ1) is 7.11. The van der Waals surface area contributed by atoms with E-state index in [9.17, 15) is 9.59 Å². The topological polar surface area (TPSA) is 83.8 Å².